The molecule has 0 saturated heterocycles. The minimum atomic E-state index is -0.332. The molecule has 5 nitrogen and oxygen atoms in total. The predicted molar refractivity (Wildman–Crippen MR) is 104 cm³/mol. The van der Waals surface area contributed by atoms with Gasteiger partial charge >= 0.3 is 0 Å². The Balaban J connectivity index is 1.68. The summed E-state index contributed by atoms with van der Waals surface area (Å²) in [6.45, 7) is 0. The molecule has 0 aliphatic carbocycles. The highest BCUT2D eigenvalue weighted by Crippen LogP contribution is 2.18. The summed E-state index contributed by atoms with van der Waals surface area (Å²) in [6.07, 6.45) is 2.01. The van der Waals surface area contributed by atoms with Crippen LogP contribution in [-0.2, 0) is 13.5 Å². The zero-order valence-corrected chi connectivity index (χ0v) is 15.0. The van der Waals surface area contributed by atoms with Crippen LogP contribution < -0.4 is 10.9 Å². The summed E-state index contributed by atoms with van der Waals surface area (Å²) in [7, 11) is 1.65. The molecule has 0 aliphatic heterocycles. The fourth-order valence-corrected chi connectivity index (χ4v) is 2.99. The summed E-state index contributed by atoms with van der Waals surface area (Å²) in [5.41, 5.74) is 2.35. The van der Waals surface area contributed by atoms with Gasteiger partial charge in [-0.05, 0) is 48.0 Å². The zero-order chi connectivity index (χ0) is 19.7. The summed E-state index contributed by atoms with van der Waals surface area (Å²) >= 11 is 0. The molecule has 7 heteroatoms. The first-order chi connectivity index (χ1) is 13.5. The summed E-state index contributed by atoms with van der Waals surface area (Å²) < 4.78 is 27.6. The number of hydrogen-bond acceptors (Lipinski definition) is 4. The largest absolute Gasteiger partial charge is 0.324 e. The Morgan fingerprint density at radius 1 is 1.00 bits per heavy atom. The number of anilines is 2. The molecule has 0 amide bonds. The molecule has 0 fully saturated rings. The SMILES string of the molecule is Cn1c(=O)c(Cc2ccc(F)cc2)cc2cnc(Nc3ccc(F)cc3)nc21. The van der Waals surface area contributed by atoms with E-state index >= 15 is 0 Å². The van der Waals surface area contributed by atoms with Crippen molar-refractivity contribution >= 4 is 22.7 Å². The number of hydrogen-bond donors (Lipinski definition) is 1. The third-order valence-corrected chi connectivity index (χ3v) is 4.43. The van der Waals surface area contributed by atoms with Crippen molar-refractivity contribution in [3.63, 3.8) is 0 Å². The van der Waals surface area contributed by atoms with E-state index in [9.17, 15) is 13.6 Å². The summed E-state index contributed by atoms with van der Waals surface area (Å²) in [5, 5.41) is 3.70. The zero-order valence-electron chi connectivity index (χ0n) is 15.0. The van der Waals surface area contributed by atoms with Gasteiger partial charge in [-0.3, -0.25) is 9.36 Å². The van der Waals surface area contributed by atoms with Crippen LogP contribution in [0.3, 0.4) is 0 Å². The number of nitrogens with zero attached hydrogens (tertiary/aromatic N) is 3. The van der Waals surface area contributed by atoms with Gasteiger partial charge in [-0.25, -0.2) is 13.8 Å². The van der Waals surface area contributed by atoms with Gasteiger partial charge in [0.25, 0.3) is 5.56 Å². The third-order valence-electron chi connectivity index (χ3n) is 4.43. The molecule has 2 heterocycles. The van der Waals surface area contributed by atoms with Crippen molar-refractivity contribution in [1.29, 1.82) is 0 Å². The average Bonchev–Trinajstić information content (AvgIpc) is 2.70. The maximum atomic E-state index is 13.1. The van der Waals surface area contributed by atoms with Crippen LogP contribution in [0.4, 0.5) is 20.4 Å². The van der Waals surface area contributed by atoms with Gasteiger partial charge in [0.05, 0.1) is 0 Å². The molecule has 0 saturated carbocycles. The molecule has 2 aromatic heterocycles. The summed E-state index contributed by atoms with van der Waals surface area (Å²) in [5.74, 6) is -0.341. The molecule has 0 unspecified atom stereocenters. The third kappa shape index (κ3) is 3.59. The second-order valence-corrected chi connectivity index (χ2v) is 6.44. The molecule has 0 spiro atoms. The van der Waals surface area contributed by atoms with Crippen LogP contribution in [0.5, 0.6) is 0 Å². The first-order valence-corrected chi connectivity index (χ1v) is 8.62. The number of rotatable bonds is 4. The molecule has 0 atom stereocenters. The molecular formula is C21H16F2N4O. The lowest BCUT2D eigenvalue weighted by atomic mass is 10.1. The van der Waals surface area contributed by atoms with E-state index < -0.39 is 0 Å². The Labute approximate surface area is 159 Å². The van der Waals surface area contributed by atoms with E-state index in [2.05, 4.69) is 15.3 Å². The second-order valence-electron chi connectivity index (χ2n) is 6.44. The van der Waals surface area contributed by atoms with E-state index in [0.717, 1.165) is 5.56 Å². The quantitative estimate of drug-likeness (QED) is 0.584. The molecule has 0 radical (unpaired) electrons. The van der Waals surface area contributed by atoms with Crippen LogP contribution in [-0.4, -0.2) is 14.5 Å². The van der Waals surface area contributed by atoms with Crippen LogP contribution in [0.15, 0.2) is 65.6 Å². The maximum Gasteiger partial charge on any atom is 0.255 e. The number of halogens is 2. The van der Waals surface area contributed by atoms with Crippen molar-refractivity contribution in [3.05, 3.63) is 93.9 Å². The molecule has 4 aromatic rings. The Morgan fingerprint density at radius 2 is 1.64 bits per heavy atom. The van der Waals surface area contributed by atoms with Crippen LogP contribution in [0.1, 0.15) is 11.1 Å². The molecule has 4 rings (SSSR count). The summed E-state index contributed by atoms with van der Waals surface area (Å²) in [6, 6.07) is 13.6. The van der Waals surface area contributed by atoms with Gasteiger partial charge in [0.15, 0.2) is 0 Å². The van der Waals surface area contributed by atoms with E-state index in [1.807, 2.05) is 0 Å². The fraction of sp³-hybridized carbons (Fsp3) is 0.0952. The van der Waals surface area contributed by atoms with Crippen molar-refractivity contribution in [1.82, 2.24) is 14.5 Å². The molecule has 140 valence electrons. The van der Waals surface area contributed by atoms with E-state index in [1.165, 1.54) is 28.8 Å². The average molecular weight is 378 g/mol. The van der Waals surface area contributed by atoms with Crippen LogP contribution in [0, 0.1) is 11.6 Å². The van der Waals surface area contributed by atoms with Crippen LogP contribution in [0.2, 0.25) is 0 Å². The van der Waals surface area contributed by atoms with Gasteiger partial charge in [-0.1, -0.05) is 12.1 Å². The lowest BCUT2D eigenvalue weighted by Gasteiger charge is -2.10. The monoisotopic (exact) mass is 378 g/mol. The van der Waals surface area contributed by atoms with Crippen molar-refractivity contribution < 1.29 is 8.78 Å². The van der Waals surface area contributed by atoms with Crippen molar-refractivity contribution in [2.24, 2.45) is 7.05 Å². The van der Waals surface area contributed by atoms with Gasteiger partial charge in [0, 0.05) is 36.3 Å². The molecular weight excluding hydrogens is 362 g/mol. The summed E-state index contributed by atoms with van der Waals surface area (Å²) in [4.78, 5) is 21.4. The van der Waals surface area contributed by atoms with E-state index in [4.69, 9.17) is 0 Å². The molecule has 28 heavy (non-hydrogen) atoms. The smallest absolute Gasteiger partial charge is 0.255 e. The lowest BCUT2D eigenvalue weighted by Crippen LogP contribution is -2.22. The van der Waals surface area contributed by atoms with Gasteiger partial charge in [-0.2, -0.15) is 4.98 Å². The number of aromatic nitrogens is 3. The molecule has 2 aromatic carbocycles. The van der Waals surface area contributed by atoms with E-state index in [1.54, 1.807) is 43.6 Å². The number of pyridine rings is 1. The van der Waals surface area contributed by atoms with Gasteiger partial charge < -0.3 is 5.32 Å². The minimum absolute atomic E-state index is 0.178. The normalized spacial score (nSPS) is 11.0. The number of nitrogens with one attached hydrogen (secondary N) is 1. The number of fused-ring (bicyclic) bond motifs is 1. The number of aryl methyl sites for hydroxylation is 1. The van der Waals surface area contributed by atoms with Gasteiger partial charge in [-0.15, -0.1) is 0 Å². The fourth-order valence-electron chi connectivity index (χ4n) is 2.99. The Morgan fingerprint density at radius 3 is 2.32 bits per heavy atom. The number of benzene rings is 2. The van der Waals surface area contributed by atoms with E-state index in [0.29, 0.717) is 34.7 Å². The standard InChI is InChI=1S/C21H16F2N4O/c1-27-19-15(11-14(20(27)28)10-13-2-4-16(22)5-3-13)12-24-21(26-19)25-18-8-6-17(23)7-9-18/h2-9,11-12H,10H2,1H3,(H,24,25,26). The molecule has 0 aliphatic rings. The molecule has 0 bridgehead atoms. The first-order valence-electron chi connectivity index (χ1n) is 8.62. The van der Waals surface area contributed by atoms with Crippen LogP contribution in [0.25, 0.3) is 11.0 Å². The van der Waals surface area contributed by atoms with Crippen LogP contribution >= 0.6 is 0 Å². The van der Waals surface area contributed by atoms with E-state index in [-0.39, 0.29) is 17.2 Å². The Hall–Kier alpha value is -3.61. The Bertz CT molecular complexity index is 1200. The topological polar surface area (TPSA) is 59.8 Å². The van der Waals surface area contributed by atoms with Crippen molar-refractivity contribution in [2.45, 2.75) is 6.42 Å². The highest BCUT2D eigenvalue weighted by Gasteiger charge is 2.10. The molecule has 1 N–H and O–H groups in total. The van der Waals surface area contributed by atoms with Crippen molar-refractivity contribution in [2.75, 3.05) is 5.32 Å². The first kappa shape index (κ1) is 17.8. The Kier molecular flexibility index (Phi) is 4.57. The predicted octanol–water partition coefficient (Wildman–Crippen LogP) is 3.94. The lowest BCUT2D eigenvalue weighted by molar-refractivity contribution is 0.627. The van der Waals surface area contributed by atoms with Gasteiger partial charge in [0.1, 0.15) is 17.3 Å². The highest BCUT2D eigenvalue weighted by molar-refractivity contribution is 5.76. The highest BCUT2D eigenvalue weighted by atomic mass is 19.1. The van der Waals surface area contributed by atoms with Crippen molar-refractivity contribution in [3.8, 4) is 0 Å². The maximum absolute atomic E-state index is 13.1. The van der Waals surface area contributed by atoms with Gasteiger partial charge in [0.2, 0.25) is 5.95 Å². The minimum Gasteiger partial charge on any atom is -0.324 e. The second kappa shape index (κ2) is 7.19.